The summed E-state index contributed by atoms with van der Waals surface area (Å²) < 4.78 is 8.16. The van der Waals surface area contributed by atoms with Gasteiger partial charge in [-0.3, -0.25) is 0 Å². The Hall–Kier alpha value is -0.840. The summed E-state index contributed by atoms with van der Waals surface area (Å²) in [5, 5.41) is 0. The normalized spacial score (nSPS) is 13.8. The number of benzene rings is 2. The molecule has 2 rings (SSSR count). The van der Waals surface area contributed by atoms with Gasteiger partial charge in [0.15, 0.2) is 0 Å². The van der Waals surface area contributed by atoms with Crippen LogP contribution in [0.3, 0.4) is 0 Å². The molecule has 0 aromatic heterocycles. The third-order valence-corrected chi connectivity index (χ3v) is 4.40. The predicted octanol–water partition coefficient (Wildman–Crippen LogP) is 5.07. The third-order valence-electron chi connectivity index (χ3n) is 3.15. The molecule has 106 valence electrons. The molecule has 0 heterocycles. The van der Waals surface area contributed by atoms with Crippen molar-refractivity contribution >= 4 is 31.9 Å². The van der Waals surface area contributed by atoms with E-state index >= 15 is 0 Å². The quantitative estimate of drug-likeness (QED) is 0.762. The van der Waals surface area contributed by atoms with Crippen LogP contribution in [0, 0.1) is 0 Å². The Morgan fingerprint density at radius 3 is 2.30 bits per heavy atom. The highest BCUT2D eigenvalue weighted by atomic mass is 79.9. The Morgan fingerprint density at radius 2 is 1.70 bits per heavy atom. The van der Waals surface area contributed by atoms with Gasteiger partial charge in [0.25, 0.3) is 0 Å². The van der Waals surface area contributed by atoms with Crippen LogP contribution in [0.1, 0.15) is 25.0 Å². The van der Waals surface area contributed by atoms with Crippen LogP contribution in [-0.2, 0) is 0 Å². The zero-order valence-electron chi connectivity index (χ0n) is 11.2. The summed E-state index contributed by atoms with van der Waals surface area (Å²) in [6, 6.07) is 15.8. The zero-order valence-corrected chi connectivity index (χ0v) is 14.4. The minimum atomic E-state index is -0.170. The molecule has 2 atom stereocenters. The van der Waals surface area contributed by atoms with Crippen molar-refractivity contribution in [3.63, 3.8) is 0 Å². The summed E-state index contributed by atoms with van der Waals surface area (Å²) in [5.74, 6) is 0.817. The van der Waals surface area contributed by atoms with E-state index in [4.69, 9.17) is 10.5 Å². The summed E-state index contributed by atoms with van der Waals surface area (Å²) in [6.45, 7) is 2.07. The van der Waals surface area contributed by atoms with Crippen LogP contribution in [0.15, 0.2) is 57.5 Å². The number of hydrogen-bond donors (Lipinski definition) is 1. The minimum Gasteiger partial charge on any atom is -0.484 e. The first-order valence-electron chi connectivity index (χ1n) is 6.54. The van der Waals surface area contributed by atoms with E-state index in [1.54, 1.807) is 0 Å². The maximum Gasteiger partial charge on any atom is 0.140 e. The molecular formula is C16H17Br2NO. The van der Waals surface area contributed by atoms with Crippen LogP contribution >= 0.6 is 31.9 Å². The third kappa shape index (κ3) is 3.84. The van der Waals surface area contributed by atoms with Gasteiger partial charge in [-0.05, 0) is 36.8 Å². The first-order chi connectivity index (χ1) is 9.61. The second kappa shape index (κ2) is 7.25. The van der Waals surface area contributed by atoms with Gasteiger partial charge in [-0.1, -0.05) is 57.0 Å². The van der Waals surface area contributed by atoms with Crippen molar-refractivity contribution in [1.82, 2.24) is 0 Å². The van der Waals surface area contributed by atoms with Gasteiger partial charge < -0.3 is 10.5 Å². The SMILES string of the molecule is CCC(N)C(Oc1ccc(Br)cc1)c1ccccc1Br. The number of halogens is 2. The second-order valence-corrected chi connectivity index (χ2v) is 6.36. The van der Waals surface area contributed by atoms with Gasteiger partial charge in [0.2, 0.25) is 0 Å². The Kier molecular flexibility index (Phi) is 5.64. The van der Waals surface area contributed by atoms with Gasteiger partial charge in [-0.25, -0.2) is 0 Å². The van der Waals surface area contributed by atoms with E-state index in [-0.39, 0.29) is 12.1 Å². The molecule has 0 fully saturated rings. The highest BCUT2D eigenvalue weighted by Crippen LogP contribution is 2.31. The predicted molar refractivity (Wildman–Crippen MR) is 89.9 cm³/mol. The molecule has 0 spiro atoms. The molecule has 0 amide bonds. The number of hydrogen-bond acceptors (Lipinski definition) is 2. The first-order valence-corrected chi connectivity index (χ1v) is 8.12. The molecule has 2 N–H and O–H groups in total. The van der Waals surface area contributed by atoms with Gasteiger partial charge in [0, 0.05) is 20.6 Å². The van der Waals surface area contributed by atoms with Gasteiger partial charge in [-0.15, -0.1) is 0 Å². The van der Waals surface area contributed by atoms with E-state index in [9.17, 15) is 0 Å². The lowest BCUT2D eigenvalue weighted by Crippen LogP contribution is -2.31. The molecule has 2 unspecified atom stereocenters. The highest BCUT2D eigenvalue weighted by molar-refractivity contribution is 9.10. The lowest BCUT2D eigenvalue weighted by atomic mass is 10.0. The first kappa shape index (κ1) is 15.5. The van der Waals surface area contributed by atoms with E-state index in [2.05, 4.69) is 38.8 Å². The maximum atomic E-state index is 6.24. The molecule has 0 aliphatic heterocycles. The van der Waals surface area contributed by atoms with Gasteiger partial charge in [0.05, 0.1) is 0 Å². The molecule has 0 aliphatic carbocycles. The van der Waals surface area contributed by atoms with Gasteiger partial charge in [0.1, 0.15) is 11.9 Å². The molecular weight excluding hydrogens is 382 g/mol. The largest absolute Gasteiger partial charge is 0.484 e. The van der Waals surface area contributed by atoms with Gasteiger partial charge in [-0.2, -0.15) is 0 Å². The molecule has 0 saturated heterocycles. The number of rotatable bonds is 5. The Bertz CT molecular complexity index is 557. The maximum absolute atomic E-state index is 6.24. The standard InChI is InChI=1S/C16H17Br2NO/c1-2-15(19)16(13-5-3-4-6-14(13)18)20-12-9-7-11(17)8-10-12/h3-10,15-16H,2,19H2,1H3. The molecule has 4 heteroatoms. The smallest absolute Gasteiger partial charge is 0.140 e. The van der Waals surface area contributed by atoms with E-state index in [0.717, 1.165) is 26.7 Å². The van der Waals surface area contributed by atoms with Crippen molar-refractivity contribution in [3.8, 4) is 5.75 Å². The molecule has 2 aromatic carbocycles. The summed E-state index contributed by atoms with van der Waals surface area (Å²) >= 11 is 7.00. The molecule has 0 bridgehead atoms. The number of nitrogens with two attached hydrogens (primary N) is 1. The van der Waals surface area contributed by atoms with E-state index in [1.807, 2.05) is 48.5 Å². The molecule has 0 saturated carbocycles. The van der Waals surface area contributed by atoms with Crippen LogP contribution in [0.5, 0.6) is 5.75 Å². The fourth-order valence-corrected chi connectivity index (χ4v) is 2.74. The number of ether oxygens (including phenoxy) is 1. The van der Waals surface area contributed by atoms with Crippen molar-refractivity contribution in [2.45, 2.75) is 25.5 Å². The van der Waals surface area contributed by atoms with E-state index in [1.165, 1.54) is 0 Å². The monoisotopic (exact) mass is 397 g/mol. The second-order valence-electron chi connectivity index (χ2n) is 4.59. The summed E-state index contributed by atoms with van der Waals surface area (Å²) in [7, 11) is 0. The average molecular weight is 399 g/mol. The van der Waals surface area contributed by atoms with Crippen molar-refractivity contribution in [2.75, 3.05) is 0 Å². The van der Waals surface area contributed by atoms with E-state index < -0.39 is 0 Å². The summed E-state index contributed by atoms with van der Waals surface area (Å²) in [5.41, 5.74) is 7.31. The molecule has 2 nitrogen and oxygen atoms in total. The Balaban J connectivity index is 2.29. The topological polar surface area (TPSA) is 35.2 Å². The fraction of sp³-hybridized carbons (Fsp3) is 0.250. The Labute approximate surface area is 136 Å². The summed E-state index contributed by atoms with van der Waals surface area (Å²) in [6.07, 6.45) is 0.680. The summed E-state index contributed by atoms with van der Waals surface area (Å²) in [4.78, 5) is 0. The van der Waals surface area contributed by atoms with Gasteiger partial charge >= 0.3 is 0 Å². The highest BCUT2D eigenvalue weighted by Gasteiger charge is 2.22. The van der Waals surface area contributed by atoms with Crippen LogP contribution in [0.25, 0.3) is 0 Å². The lowest BCUT2D eigenvalue weighted by molar-refractivity contribution is 0.170. The Morgan fingerprint density at radius 1 is 1.05 bits per heavy atom. The van der Waals surface area contributed by atoms with E-state index in [0.29, 0.717) is 0 Å². The van der Waals surface area contributed by atoms with Crippen molar-refractivity contribution in [2.24, 2.45) is 5.73 Å². The van der Waals surface area contributed by atoms with Crippen LogP contribution in [0.4, 0.5) is 0 Å². The van der Waals surface area contributed by atoms with Crippen LogP contribution in [-0.4, -0.2) is 6.04 Å². The minimum absolute atomic E-state index is 0.0580. The lowest BCUT2D eigenvalue weighted by Gasteiger charge is -2.25. The molecule has 20 heavy (non-hydrogen) atoms. The molecule has 0 aliphatic rings. The molecule has 2 aromatic rings. The average Bonchev–Trinajstić information content (AvgIpc) is 2.47. The van der Waals surface area contributed by atoms with Crippen molar-refractivity contribution in [1.29, 1.82) is 0 Å². The molecule has 0 radical (unpaired) electrons. The van der Waals surface area contributed by atoms with Crippen LogP contribution < -0.4 is 10.5 Å². The zero-order chi connectivity index (χ0) is 14.5. The van der Waals surface area contributed by atoms with Crippen LogP contribution in [0.2, 0.25) is 0 Å². The van der Waals surface area contributed by atoms with Crippen molar-refractivity contribution in [3.05, 3.63) is 63.0 Å². The van der Waals surface area contributed by atoms with Crippen molar-refractivity contribution < 1.29 is 4.74 Å². The fourth-order valence-electron chi connectivity index (χ4n) is 1.96.